The zero-order valence-corrected chi connectivity index (χ0v) is 13.3. The lowest BCUT2D eigenvalue weighted by molar-refractivity contribution is 0.600. The van der Waals surface area contributed by atoms with E-state index in [1.807, 2.05) is 19.1 Å². The molecule has 20 heavy (non-hydrogen) atoms. The fourth-order valence-corrected chi connectivity index (χ4v) is 3.68. The van der Waals surface area contributed by atoms with E-state index in [-0.39, 0.29) is 5.75 Å². The molecular formula is C14H15BrN2O2S. The summed E-state index contributed by atoms with van der Waals surface area (Å²) < 4.78 is 27.5. The standard InChI is InChI=1S/C14H15BrN2O2S/c1-10-2-7-14(13(15)8-10)17-20(18,19)9-11-3-5-12(16)6-4-11/h2-8,17H,9,16H2,1H3. The van der Waals surface area contributed by atoms with Crippen LogP contribution in [0.4, 0.5) is 11.4 Å². The second-order valence-electron chi connectivity index (χ2n) is 4.59. The lowest BCUT2D eigenvalue weighted by atomic mass is 10.2. The summed E-state index contributed by atoms with van der Waals surface area (Å²) in [6.45, 7) is 1.94. The average Bonchev–Trinajstić information content (AvgIpc) is 2.35. The van der Waals surface area contributed by atoms with Gasteiger partial charge >= 0.3 is 0 Å². The Morgan fingerprint density at radius 2 is 1.80 bits per heavy atom. The average molecular weight is 355 g/mol. The highest BCUT2D eigenvalue weighted by molar-refractivity contribution is 9.10. The van der Waals surface area contributed by atoms with E-state index in [2.05, 4.69) is 20.7 Å². The number of nitrogens with one attached hydrogen (secondary N) is 1. The molecule has 0 fully saturated rings. The number of sulfonamides is 1. The first-order chi connectivity index (χ1) is 9.35. The van der Waals surface area contributed by atoms with Gasteiger partial charge in [0.05, 0.1) is 11.4 Å². The number of anilines is 2. The van der Waals surface area contributed by atoms with Crippen LogP contribution in [0, 0.1) is 6.92 Å². The number of hydrogen-bond donors (Lipinski definition) is 2. The Bertz CT molecular complexity index is 712. The molecule has 0 saturated carbocycles. The minimum absolute atomic E-state index is 0.0897. The maximum atomic E-state index is 12.1. The molecule has 2 aromatic carbocycles. The van der Waals surface area contributed by atoms with Crippen molar-refractivity contribution < 1.29 is 8.42 Å². The molecule has 0 aliphatic heterocycles. The van der Waals surface area contributed by atoms with Crippen LogP contribution < -0.4 is 10.5 Å². The molecule has 0 aliphatic carbocycles. The molecule has 106 valence electrons. The van der Waals surface area contributed by atoms with E-state index in [9.17, 15) is 8.42 Å². The van der Waals surface area contributed by atoms with Crippen molar-refractivity contribution in [1.82, 2.24) is 0 Å². The van der Waals surface area contributed by atoms with Crippen molar-refractivity contribution in [3.8, 4) is 0 Å². The zero-order chi connectivity index (χ0) is 14.8. The highest BCUT2D eigenvalue weighted by Gasteiger charge is 2.13. The summed E-state index contributed by atoms with van der Waals surface area (Å²) in [5.41, 5.74) is 8.47. The van der Waals surface area contributed by atoms with Crippen molar-refractivity contribution in [2.24, 2.45) is 0 Å². The van der Waals surface area contributed by atoms with Crippen LogP contribution in [0.2, 0.25) is 0 Å². The Balaban J connectivity index is 2.17. The summed E-state index contributed by atoms with van der Waals surface area (Å²) in [5, 5.41) is 0. The van der Waals surface area contributed by atoms with E-state index in [0.717, 1.165) is 10.0 Å². The molecule has 0 radical (unpaired) electrons. The first-order valence-electron chi connectivity index (χ1n) is 5.97. The highest BCUT2D eigenvalue weighted by Crippen LogP contribution is 2.25. The quantitative estimate of drug-likeness (QED) is 0.827. The summed E-state index contributed by atoms with van der Waals surface area (Å²) in [4.78, 5) is 0. The summed E-state index contributed by atoms with van der Waals surface area (Å²) in [6.07, 6.45) is 0. The molecule has 3 N–H and O–H groups in total. The lowest BCUT2D eigenvalue weighted by Crippen LogP contribution is -2.15. The summed E-state index contributed by atoms with van der Waals surface area (Å²) in [5.74, 6) is -0.0897. The molecule has 0 aromatic heterocycles. The van der Waals surface area contributed by atoms with Gasteiger partial charge in [-0.15, -0.1) is 0 Å². The molecule has 0 heterocycles. The van der Waals surface area contributed by atoms with E-state index in [1.54, 1.807) is 30.3 Å². The SMILES string of the molecule is Cc1ccc(NS(=O)(=O)Cc2ccc(N)cc2)c(Br)c1. The molecule has 0 aliphatic rings. The predicted octanol–water partition coefficient (Wildman–Crippen LogP) is 3.28. The van der Waals surface area contributed by atoms with E-state index >= 15 is 0 Å². The molecule has 0 atom stereocenters. The topological polar surface area (TPSA) is 72.2 Å². The number of halogens is 1. The van der Waals surface area contributed by atoms with Gasteiger partial charge in [0, 0.05) is 10.2 Å². The Hall–Kier alpha value is -1.53. The fraction of sp³-hybridized carbons (Fsp3) is 0.143. The van der Waals surface area contributed by atoms with Crippen molar-refractivity contribution >= 4 is 37.3 Å². The van der Waals surface area contributed by atoms with Gasteiger partial charge in [0.25, 0.3) is 0 Å². The van der Waals surface area contributed by atoms with Crippen LogP contribution in [0.3, 0.4) is 0 Å². The third kappa shape index (κ3) is 3.98. The minimum Gasteiger partial charge on any atom is -0.399 e. The molecule has 0 unspecified atom stereocenters. The molecule has 0 bridgehead atoms. The molecule has 2 aromatic rings. The number of hydrogen-bond acceptors (Lipinski definition) is 3. The van der Waals surface area contributed by atoms with Gasteiger partial charge in [-0.25, -0.2) is 8.42 Å². The van der Waals surface area contributed by atoms with Crippen LogP contribution in [0.25, 0.3) is 0 Å². The van der Waals surface area contributed by atoms with Crippen LogP contribution in [0.15, 0.2) is 46.9 Å². The van der Waals surface area contributed by atoms with Crippen molar-refractivity contribution in [2.75, 3.05) is 10.5 Å². The van der Waals surface area contributed by atoms with Gasteiger partial charge in [0.2, 0.25) is 10.0 Å². The Morgan fingerprint density at radius 1 is 1.15 bits per heavy atom. The third-order valence-electron chi connectivity index (χ3n) is 2.73. The van der Waals surface area contributed by atoms with Gasteiger partial charge in [0.15, 0.2) is 0 Å². The fourth-order valence-electron chi connectivity index (χ4n) is 1.74. The smallest absolute Gasteiger partial charge is 0.236 e. The van der Waals surface area contributed by atoms with Crippen LogP contribution in [-0.2, 0) is 15.8 Å². The minimum atomic E-state index is -3.46. The van der Waals surface area contributed by atoms with Gasteiger partial charge < -0.3 is 5.73 Å². The predicted molar refractivity (Wildman–Crippen MR) is 86.0 cm³/mol. The largest absolute Gasteiger partial charge is 0.399 e. The number of nitrogen functional groups attached to an aromatic ring is 1. The van der Waals surface area contributed by atoms with Crippen LogP contribution in [0.1, 0.15) is 11.1 Å². The summed E-state index contributed by atoms with van der Waals surface area (Å²) in [7, 11) is -3.46. The number of nitrogens with two attached hydrogens (primary N) is 1. The molecule has 0 spiro atoms. The Labute approximate surface area is 127 Å². The van der Waals surface area contributed by atoms with Gasteiger partial charge in [-0.3, -0.25) is 4.72 Å². The second kappa shape index (κ2) is 5.85. The molecule has 0 saturated heterocycles. The number of rotatable bonds is 4. The Kier molecular flexibility index (Phi) is 4.35. The van der Waals surface area contributed by atoms with Gasteiger partial charge in [-0.2, -0.15) is 0 Å². The van der Waals surface area contributed by atoms with Gasteiger partial charge in [0.1, 0.15) is 0 Å². The summed E-state index contributed by atoms with van der Waals surface area (Å²) in [6, 6.07) is 12.2. The van der Waals surface area contributed by atoms with Crippen molar-refractivity contribution in [3.63, 3.8) is 0 Å². The first-order valence-corrected chi connectivity index (χ1v) is 8.41. The number of benzene rings is 2. The van der Waals surface area contributed by atoms with Gasteiger partial charge in [-0.05, 0) is 58.2 Å². The molecule has 2 rings (SSSR count). The molecular weight excluding hydrogens is 340 g/mol. The van der Waals surface area contributed by atoms with Crippen LogP contribution in [-0.4, -0.2) is 8.42 Å². The van der Waals surface area contributed by atoms with Gasteiger partial charge in [-0.1, -0.05) is 18.2 Å². The Morgan fingerprint density at radius 3 is 2.40 bits per heavy atom. The highest BCUT2D eigenvalue weighted by atomic mass is 79.9. The molecule has 4 nitrogen and oxygen atoms in total. The maximum absolute atomic E-state index is 12.1. The maximum Gasteiger partial charge on any atom is 0.236 e. The van der Waals surface area contributed by atoms with Crippen molar-refractivity contribution in [3.05, 3.63) is 58.1 Å². The van der Waals surface area contributed by atoms with Crippen LogP contribution >= 0.6 is 15.9 Å². The van der Waals surface area contributed by atoms with E-state index in [4.69, 9.17) is 5.73 Å². The number of aryl methyl sites for hydroxylation is 1. The van der Waals surface area contributed by atoms with E-state index < -0.39 is 10.0 Å². The molecule has 6 heteroatoms. The first kappa shape index (κ1) is 14.9. The summed E-state index contributed by atoms with van der Waals surface area (Å²) >= 11 is 3.35. The van der Waals surface area contributed by atoms with Crippen molar-refractivity contribution in [2.45, 2.75) is 12.7 Å². The van der Waals surface area contributed by atoms with E-state index in [1.165, 1.54) is 0 Å². The second-order valence-corrected chi connectivity index (χ2v) is 7.16. The van der Waals surface area contributed by atoms with Crippen molar-refractivity contribution in [1.29, 1.82) is 0 Å². The normalized spacial score (nSPS) is 11.3. The third-order valence-corrected chi connectivity index (χ3v) is 4.63. The zero-order valence-electron chi connectivity index (χ0n) is 10.9. The molecule has 0 amide bonds. The monoisotopic (exact) mass is 354 g/mol. The van der Waals surface area contributed by atoms with E-state index in [0.29, 0.717) is 16.9 Å². The van der Waals surface area contributed by atoms with Crippen LogP contribution in [0.5, 0.6) is 0 Å². The lowest BCUT2D eigenvalue weighted by Gasteiger charge is -2.10.